The number of nitrogens with zero attached hydrogens (tertiary/aromatic N) is 1. The Labute approximate surface area is 85.5 Å². The lowest BCUT2D eigenvalue weighted by Crippen LogP contribution is -2.30. The van der Waals surface area contributed by atoms with Crippen LogP contribution in [0.25, 0.3) is 0 Å². The van der Waals surface area contributed by atoms with Crippen LogP contribution in [0.15, 0.2) is 0 Å². The Balaban J connectivity index is 3.55. The van der Waals surface area contributed by atoms with Gasteiger partial charge in [-0.3, -0.25) is 4.79 Å². The number of rotatable bonds is 6. The summed E-state index contributed by atoms with van der Waals surface area (Å²) >= 11 is 0. The van der Waals surface area contributed by atoms with Crippen molar-refractivity contribution in [1.29, 1.82) is 5.26 Å². The second-order valence-electron chi connectivity index (χ2n) is 3.04. The van der Waals surface area contributed by atoms with Crippen molar-refractivity contribution >= 4 is 5.91 Å². The number of nitrogens with one attached hydrogen (secondary N) is 1. The van der Waals surface area contributed by atoms with Crippen molar-refractivity contribution in [2.75, 3.05) is 6.54 Å². The molecule has 0 aliphatic rings. The van der Waals surface area contributed by atoms with Gasteiger partial charge in [0.2, 0.25) is 5.91 Å². The van der Waals surface area contributed by atoms with Gasteiger partial charge in [0.05, 0.1) is 6.07 Å². The minimum absolute atomic E-state index is 0.171. The summed E-state index contributed by atoms with van der Waals surface area (Å²) in [5.74, 6) is 1.85. The monoisotopic (exact) mass is 192 g/mol. The number of hydrogen-bond donors (Lipinski definition) is 1. The smallest absolute Gasteiger partial charge is 0.237 e. The van der Waals surface area contributed by atoms with Gasteiger partial charge >= 0.3 is 0 Å². The third kappa shape index (κ3) is 5.22. The molecule has 1 amide bonds. The maximum Gasteiger partial charge on any atom is 0.237 e. The number of terminal acetylenes is 1. The molecule has 0 rings (SSSR count). The molecule has 3 heteroatoms. The minimum atomic E-state index is -0.511. The normalized spacial score (nSPS) is 11.1. The van der Waals surface area contributed by atoms with Gasteiger partial charge in [-0.25, -0.2) is 0 Å². The molecule has 0 saturated carbocycles. The van der Waals surface area contributed by atoms with Crippen molar-refractivity contribution in [2.45, 2.75) is 32.6 Å². The summed E-state index contributed by atoms with van der Waals surface area (Å²) < 4.78 is 0. The highest BCUT2D eigenvalue weighted by Crippen LogP contribution is 2.00. The van der Waals surface area contributed by atoms with Crippen molar-refractivity contribution in [3.05, 3.63) is 0 Å². The van der Waals surface area contributed by atoms with E-state index in [0.29, 0.717) is 13.0 Å². The van der Waals surface area contributed by atoms with Crippen molar-refractivity contribution in [3.63, 3.8) is 0 Å². The first kappa shape index (κ1) is 12.5. The Morgan fingerprint density at radius 3 is 2.79 bits per heavy atom. The maximum atomic E-state index is 11.3. The highest BCUT2D eigenvalue weighted by Gasteiger charge is 2.13. The number of hydrogen-bond acceptors (Lipinski definition) is 2. The first-order valence-electron chi connectivity index (χ1n) is 4.87. The molecule has 0 spiro atoms. The fourth-order valence-electron chi connectivity index (χ4n) is 1.02. The fraction of sp³-hybridized carbons (Fsp3) is 0.636. The van der Waals surface area contributed by atoms with Crippen molar-refractivity contribution in [1.82, 2.24) is 5.32 Å². The molecule has 0 aromatic carbocycles. The summed E-state index contributed by atoms with van der Waals surface area (Å²) in [6.07, 6.45) is 8.17. The quantitative estimate of drug-likeness (QED) is 0.511. The number of amides is 1. The predicted molar refractivity (Wildman–Crippen MR) is 55.1 cm³/mol. The molecule has 1 N–H and O–H groups in total. The second-order valence-corrected chi connectivity index (χ2v) is 3.04. The molecule has 0 saturated heterocycles. The van der Waals surface area contributed by atoms with Crippen LogP contribution >= 0.6 is 0 Å². The van der Waals surface area contributed by atoms with Crippen LogP contribution in [-0.4, -0.2) is 12.5 Å². The van der Waals surface area contributed by atoms with Crippen LogP contribution < -0.4 is 5.32 Å². The van der Waals surface area contributed by atoms with Gasteiger partial charge in [0, 0.05) is 13.0 Å². The molecule has 0 aliphatic carbocycles. The number of carbonyl (C=O) groups excluding carboxylic acids is 1. The van der Waals surface area contributed by atoms with Gasteiger partial charge in [0.15, 0.2) is 0 Å². The summed E-state index contributed by atoms with van der Waals surface area (Å²) in [5, 5.41) is 11.3. The lowest BCUT2D eigenvalue weighted by molar-refractivity contribution is -0.123. The van der Waals surface area contributed by atoms with Crippen LogP contribution in [-0.2, 0) is 4.79 Å². The van der Waals surface area contributed by atoms with Gasteiger partial charge < -0.3 is 5.32 Å². The van der Waals surface area contributed by atoms with Gasteiger partial charge in [-0.15, -0.1) is 12.3 Å². The molecule has 76 valence electrons. The van der Waals surface area contributed by atoms with Gasteiger partial charge in [-0.1, -0.05) is 6.92 Å². The summed E-state index contributed by atoms with van der Waals surface area (Å²) in [6.45, 7) is 2.44. The number of carbonyl (C=O) groups is 1. The SMILES string of the molecule is C#CCCCCNC(=O)C(C#N)CC. The average Bonchev–Trinajstić information content (AvgIpc) is 2.19. The molecule has 0 radical (unpaired) electrons. The lowest BCUT2D eigenvalue weighted by atomic mass is 10.1. The summed E-state index contributed by atoms with van der Waals surface area (Å²) in [5.41, 5.74) is 0. The van der Waals surface area contributed by atoms with Crippen LogP contribution in [0.2, 0.25) is 0 Å². The summed E-state index contributed by atoms with van der Waals surface area (Å²) in [7, 11) is 0. The highest BCUT2D eigenvalue weighted by molar-refractivity contribution is 5.80. The van der Waals surface area contributed by atoms with Gasteiger partial charge in [-0.2, -0.15) is 5.26 Å². The van der Waals surface area contributed by atoms with E-state index in [-0.39, 0.29) is 5.91 Å². The van der Waals surface area contributed by atoms with E-state index in [0.717, 1.165) is 19.3 Å². The Bertz CT molecular complexity index is 247. The van der Waals surface area contributed by atoms with Crippen molar-refractivity contribution < 1.29 is 4.79 Å². The largest absolute Gasteiger partial charge is 0.355 e. The maximum absolute atomic E-state index is 11.3. The first-order valence-corrected chi connectivity index (χ1v) is 4.87. The molecule has 0 aromatic rings. The molecule has 0 fully saturated rings. The Morgan fingerprint density at radius 2 is 2.29 bits per heavy atom. The van der Waals surface area contributed by atoms with Crippen LogP contribution in [0.4, 0.5) is 0 Å². The zero-order valence-electron chi connectivity index (χ0n) is 8.55. The lowest BCUT2D eigenvalue weighted by Gasteiger charge is -2.06. The molecule has 0 aromatic heterocycles. The van der Waals surface area contributed by atoms with E-state index in [1.54, 1.807) is 0 Å². The molecule has 1 atom stereocenters. The molecule has 0 aliphatic heterocycles. The topological polar surface area (TPSA) is 52.9 Å². The van der Waals surface area contributed by atoms with Crippen LogP contribution in [0.5, 0.6) is 0 Å². The van der Waals surface area contributed by atoms with Gasteiger partial charge in [0.1, 0.15) is 5.92 Å². The van der Waals surface area contributed by atoms with E-state index in [1.165, 1.54) is 0 Å². The zero-order valence-corrected chi connectivity index (χ0v) is 8.55. The van der Waals surface area contributed by atoms with Crippen LogP contribution in [0.1, 0.15) is 32.6 Å². The van der Waals surface area contributed by atoms with E-state index in [4.69, 9.17) is 11.7 Å². The molecule has 14 heavy (non-hydrogen) atoms. The second kappa shape index (κ2) is 8.13. The molecular formula is C11H16N2O. The summed E-state index contributed by atoms with van der Waals surface area (Å²) in [4.78, 5) is 11.3. The van der Waals surface area contributed by atoms with Gasteiger partial charge in [0.25, 0.3) is 0 Å². The standard InChI is InChI=1S/C11H16N2O/c1-3-5-6-7-8-13-11(14)10(4-2)9-12/h1,10H,4-8H2,2H3,(H,13,14). The summed E-state index contributed by atoms with van der Waals surface area (Å²) in [6, 6.07) is 1.96. The van der Waals surface area contributed by atoms with Crippen LogP contribution in [0, 0.1) is 29.6 Å². The molecule has 0 bridgehead atoms. The molecular weight excluding hydrogens is 176 g/mol. The van der Waals surface area contributed by atoms with Crippen molar-refractivity contribution in [2.24, 2.45) is 5.92 Å². The highest BCUT2D eigenvalue weighted by atomic mass is 16.1. The fourth-order valence-corrected chi connectivity index (χ4v) is 1.02. The molecule has 1 unspecified atom stereocenters. The van der Waals surface area contributed by atoms with Crippen molar-refractivity contribution in [3.8, 4) is 18.4 Å². The number of nitriles is 1. The van der Waals surface area contributed by atoms with E-state index in [2.05, 4.69) is 11.2 Å². The third-order valence-corrected chi connectivity index (χ3v) is 1.93. The first-order chi connectivity index (χ1) is 6.76. The predicted octanol–water partition coefficient (Wildman–Crippen LogP) is 1.46. The Kier molecular flexibility index (Phi) is 7.27. The van der Waals surface area contributed by atoms with E-state index >= 15 is 0 Å². The van der Waals surface area contributed by atoms with E-state index in [9.17, 15) is 4.79 Å². The minimum Gasteiger partial charge on any atom is -0.355 e. The molecule has 0 heterocycles. The Morgan fingerprint density at radius 1 is 1.57 bits per heavy atom. The van der Waals surface area contributed by atoms with E-state index in [1.807, 2.05) is 13.0 Å². The average molecular weight is 192 g/mol. The Hall–Kier alpha value is -1.48. The molecule has 3 nitrogen and oxygen atoms in total. The van der Waals surface area contributed by atoms with E-state index < -0.39 is 5.92 Å². The van der Waals surface area contributed by atoms with Crippen LogP contribution in [0.3, 0.4) is 0 Å². The number of unbranched alkanes of at least 4 members (excludes halogenated alkanes) is 2. The third-order valence-electron chi connectivity index (χ3n) is 1.93. The van der Waals surface area contributed by atoms with Gasteiger partial charge in [-0.05, 0) is 19.3 Å². The zero-order chi connectivity index (χ0) is 10.8.